The minimum Gasteiger partial charge on any atom is -0.394 e. The van der Waals surface area contributed by atoms with E-state index in [-0.39, 0.29) is 6.61 Å². The average Bonchev–Trinajstić information content (AvgIpc) is 2.35. The van der Waals surface area contributed by atoms with Crippen molar-refractivity contribution >= 4 is 0 Å². The Morgan fingerprint density at radius 3 is 1.71 bits per heavy atom. The van der Waals surface area contributed by atoms with Crippen molar-refractivity contribution in [2.45, 2.75) is 39.0 Å². The summed E-state index contributed by atoms with van der Waals surface area (Å²) in [5.41, 5.74) is 0. The fourth-order valence-corrected chi connectivity index (χ4v) is 1.32. The van der Waals surface area contributed by atoms with Crippen LogP contribution in [0.3, 0.4) is 0 Å². The predicted octanol–water partition coefficient (Wildman–Crippen LogP) is 2.00. The van der Waals surface area contributed by atoms with Crippen LogP contribution in [0.1, 0.15) is 39.0 Å². The van der Waals surface area contributed by atoms with Gasteiger partial charge in [-0.25, -0.2) is 0 Å². The van der Waals surface area contributed by atoms with Gasteiger partial charge in [-0.1, -0.05) is 13.3 Å². The number of unbranched alkanes of at least 4 members (excludes halogenated alkanes) is 3. The number of rotatable bonds is 14. The number of hydrogen-bond acceptors (Lipinski definition) is 4. The molecule has 0 bridgehead atoms. The molecule has 0 saturated carbocycles. The number of aliphatic hydroxyl groups is 1. The quantitative estimate of drug-likeness (QED) is 0.478. The van der Waals surface area contributed by atoms with Crippen molar-refractivity contribution in [2.75, 3.05) is 46.2 Å². The molecule has 0 amide bonds. The molecule has 0 aromatic carbocycles. The highest BCUT2D eigenvalue weighted by Crippen LogP contribution is 1.96. The first-order chi connectivity index (χ1) is 8.41. The second kappa shape index (κ2) is 15.8. The summed E-state index contributed by atoms with van der Waals surface area (Å²) in [6.45, 7) is 6.51. The lowest BCUT2D eigenvalue weighted by Crippen LogP contribution is -2.06. The van der Waals surface area contributed by atoms with Gasteiger partial charge in [-0.05, 0) is 25.7 Å². The van der Waals surface area contributed by atoms with Gasteiger partial charge in [0, 0.05) is 19.8 Å². The van der Waals surface area contributed by atoms with Gasteiger partial charge in [0.25, 0.3) is 0 Å². The van der Waals surface area contributed by atoms with Crippen molar-refractivity contribution < 1.29 is 19.3 Å². The summed E-state index contributed by atoms with van der Waals surface area (Å²) in [7, 11) is 0. The molecular formula is C13H28O4. The summed E-state index contributed by atoms with van der Waals surface area (Å²) in [6.07, 6.45) is 5.53. The lowest BCUT2D eigenvalue weighted by molar-refractivity contribution is 0.0439. The molecule has 17 heavy (non-hydrogen) atoms. The van der Waals surface area contributed by atoms with E-state index in [0.717, 1.165) is 45.5 Å². The zero-order valence-electron chi connectivity index (χ0n) is 11.2. The summed E-state index contributed by atoms with van der Waals surface area (Å²) in [4.78, 5) is 0. The first-order valence-corrected chi connectivity index (χ1v) is 6.76. The summed E-state index contributed by atoms with van der Waals surface area (Å²) in [5.74, 6) is 0. The molecule has 104 valence electrons. The van der Waals surface area contributed by atoms with Gasteiger partial charge in [0.1, 0.15) is 0 Å². The Morgan fingerprint density at radius 1 is 0.647 bits per heavy atom. The van der Waals surface area contributed by atoms with Crippen LogP contribution in [0, 0.1) is 0 Å². The van der Waals surface area contributed by atoms with Gasteiger partial charge in [0.2, 0.25) is 0 Å². The van der Waals surface area contributed by atoms with Crippen LogP contribution in [0.5, 0.6) is 0 Å². The van der Waals surface area contributed by atoms with Gasteiger partial charge >= 0.3 is 0 Å². The molecule has 0 saturated heterocycles. The van der Waals surface area contributed by atoms with Gasteiger partial charge in [-0.15, -0.1) is 0 Å². The smallest absolute Gasteiger partial charge is 0.0700 e. The van der Waals surface area contributed by atoms with E-state index < -0.39 is 0 Å². The summed E-state index contributed by atoms with van der Waals surface area (Å²) >= 11 is 0. The minimum absolute atomic E-state index is 0.112. The summed E-state index contributed by atoms with van der Waals surface area (Å²) in [5, 5.41) is 8.49. The van der Waals surface area contributed by atoms with Crippen molar-refractivity contribution in [3.63, 3.8) is 0 Å². The standard InChI is InChI=1S/C13H28O4/c1-2-3-8-16-12-13-17-10-6-4-5-9-15-11-7-14/h14H,2-13H2,1H3. The topological polar surface area (TPSA) is 47.9 Å². The van der Waals surface area contributed by atoms with Crippen LogP contribution in [0.25, 0.3) is 0 Å². The predicted molar refractivity (Wildman–Crippen MR) is 68.3 cm³/mol. The minimum atomic E-state index is 0.112. The Hall–Kier alpha value is -0.160. The normalized spacial score (nSPS) is 10.9. The van der Waals surface area contributed by atoms with E-state index in [1.165, 1.54) is 6.42 Å². The third-order valence-electron chi connectivity index (χ3n) is 2.33. The van der Waals surface area contributed by atoms with Crippen molar-refractivity contribution in [3.8, 4) is 0 Å². The Balaban J connectivity index is 2.85. The van der Waals surface area contributed by atoms with E-state index >= 15 is 0 Å². The second-order valence-electron chi connectivity index (χ2n) is 3.97. The molecule has 0 aliphatic rings. The van der Waals surface area contributed by atoms with Crippen LogP contribution in [-0.2, 0) is 14.2 Å². The summed E-state index contributed by atoms with van der Waals surface area (Å²) in [6, 6.07) is 0. The number of hydrogen-bond donors (Lipinski definition) is 1. The lowest BCUT2D eigenvalue weighted by Gasteiger charge is -2.05. The highest BCUT2D eigenvalue weighted by atomic mass is 16.5. The fourth-order valence-electron chi connectivity index (χ4n) is 1.32. The van der Waals surface area contributed by atoms with Crippen LogP contribution < -0.4 is 0 Å². The molecule has 0 unspecified atom stereocenters. The van der Waals surface area contributed by atoms with E-state index in [2.05, 4.69) is 6.92 Å². The summed E-state index contributed by atoms with van der Waals surface area (Å²) < 4.78 is 16.0. The molecule has 0 aliphatic carbocycles. The van der Waals surface area contributed by atoms with E-state index in [9.17, 15) is 0 Å². The molecule has 0 spiro atoms. The molecule has 0 aromatic heterocycles. The Morgan fingerprint density at radius 2 is 1.18 bits per heavy atom. The van der Waals surface area contributed by atoms with Gasteiger partial charge in [0.15, 0.2) is 0 Å². The maximum atomic E-state index is 8.49. The zero-order valence-corrected chi connectivity index (χ0v) is 11.2. The molecule has 1 N–H and O–H groups in total. The molecule has 4 nitrogen and oxygen atoms in total. The second-order valence-corrected chi connectivity index (χ2v) is 3.97. The molecule has 0 heterocycles. The van der Waals surface area contributed by atoms with Crippen molar-refractivity contribution in [3.05, 3.63) is 0 Å². The molecule has 4 heteroatoms. The highest BCUT2D eigenvalue weighted by Gasteiger charge is 1.92. The van der Waals surface area contributed by atoms with E-state index in [4.69, 9.17) is 19.3 Å². The van der Waals surface area contributed by atoms with Crippen LogP contribution in [0.4, 0.5) is 0 Å². The molecule has 0 aliphatic heterocycles. The Labute approximate surface area is 105 Å². The van der Waals surface area contributed by atoms with Crippen LogP contribution in [-0.4, -0.2) is 51.4 Å². The molecule has 0 fully saturated rings. The fraction of sp³-hybridized carbons (Fsp3) is 1.00. The van der Waals surface area contributed by atoms with Crippen LogP contribution >= 0.6 is 0 Å². The third kappa shape index (κ3) is 15.8. The highest BCUT2D eigenvalue weighted by molar-refractivity contribution is 4.41. The third-order valence-corrected chi connectivity index (χ3v) is 2.33. The van der Waals surface area contributed by atoms with E-state index in [1.54, 1.807) is 0 Å². The van der Waals surface area contributed by atoms with Crippen molar-refractivity contribution in [1.29, 1.82) is 0 Å². The van der Waals surface area contributed by atoms with Gasteiger partial charge in [0.05, 0.1) is 26.4 Å². The van der Waals surface area contributed by atoms with Gasteiger partial charge in [-0.3, -0.25) is 0 Å². The first-order valence-electron chi connectivity index (χ1n) is 6.76. The van der Waals surface area contributed by atoms with Crippen molar-refractivity contribution in [1.82, 2.24) is 0 Å². The maximum absolute atomic E-state index is 8.49. The van der Waals surface area contributed by atoms with E-state index in [0.29, 0.717) is 19.8 Å². The number of aliphatic hydroxyl groups excluding tert-OH is 1. The number of ether oxygens (including phenoxy) is 3. The molecule has 0 atom stereocenters. The SMILES string of the molecule is CCCCOCCOCCCCCOCCO. The van der Waals surface area contributed by atoms with Gasteiger partial charge in [-0.2, -0.15) is 0 Å². The van der Waals surface area contributed by atoms with E-state index in [1.807, 2.05) is 0 Å². The molecule has 0 aromatic rings. The maximum Gasteiger partial charge on any atom is 0.0700 e. The van der Waals surface area contributed by atoms with Crippen molar-refractivity contribution in [2.24, 2.45) is 0 Å². The molecule has 0 radical (unpaired) electrons. The Kier molecular flexibility index (Phi) is 15.7. The van der Waals surface area contributed by atoms with Crippen LogP contribution in [0.2, 0.25) is 0 Å². The van der Waals surface area contributed by atoms with Crippen LogP contribution in [0.15, 0.2) is 0 Å². The average molecular weight is 248 g/mol. The Bertz CT molecular complexity index is 117. The lowest BCUT2D eigenvalue weighted by atomic mass is 10.2. The van der Waals surface area contributed by atoms with Gasteiger partial charge < -0.3 is 19.3 Å². The largest absolute Gasteiger partial charge is 0.394 e. The molecular weight excluding hydrogens is 220 g/mol. The molecule has 0 rings (SSSR count). The first kappa shape index (κ1) is 16.8. The zero-order chi connectivity index (χ0) is 12.6. The monoisotopic (exact) mass is 248 g/mol.